The van der Waals surface area contributed by atoms with Crippen molar-refractivity contribution in [2.75, 3.05) is 26.2 Å². The van der Waals surface area contributed by atoms with Crippen molar-refractivity contribution in [1.29, 1.82) is 0 Å². The molecule has 2 unspecified atom stereocenters. The molecule has 1 fully saturated rings. The average Bonchev–Trinajstić information content (AvgIpc) is 2.53. The number of pyridine rings is 1. The molecule has 5 heteroatoms. The number of aromatic nitrogens is 1. The first-order valence-corrected chi connectivity index (χ1v) is 8.21. The Morgan fingerprint density at radius 3 is 2.91 bits per heavy atom. The Bertz CT molecular complexity index is 676. The van der Waals surface area contributed by atoms with Crippen molar-refractivity contribution in [2.24, 2.45) is 0 Å². The first kappa shape index (κ1) is 16.3. The molecule has 23 heavy (non-hydrogen) atoms. The number of nitrogens with zero attached hydrogens (tertiary/aromatic N) is 3. The molecule has 0 aliphatic carbocycles. The van der Waals surface area contributed by atoms with Crippen LogP contribution in [0.15, 0.2) is 30.5 Å². The number of halogens is 1. The van der Waals surface area contributed by atoms with Crippen LogP contribution in [0.1, 0.15) is 19.4 Å². The number of β-amino-alcohol motifs (C(OH)–C–C–N with tert-alkyl or cyclic N) is 1. The van der Waals surface area contributed by atoms with Crippen molar-refractivity contribution in [3.63, 3.8) is 0 Å². The van der Waals surface area contributed by atoms with Crippen LogP contribution in [0.25, 0.3) is 10.9 Å². The predicted molar refractivity (Wildman–Crippen MR) is 89.7 cm³/mol. The molecule has 2 atom stereocenters. The maximum atomic E-state index is 13.9. The summed E-state index contributed by atoms with van der Waals surface area (Å²) in [6, 6.07) is 7.33. The zero-order chi connectivity index (χ0) is 16.4. The summed E-state index contributed by atoms with van der Waals surface area (Å²) in [5.74, 6) is -0.216. The zero-order valence-electron chi connectivity index (χ0n) is 13.7. The van der Waals surface area contributed by atoms with Gasteiger partial charge in [0.2, 0.25) is 0 Å². The third kappa shape index (κ3) is 3.68. The summed E-state index contributed by atoms with van der Waals surface area (Å²) in [6.45, 7) is 8.35. The van der Waals surface area contributed by atoms with Crippen LogP contribution in [0.3, 0.4) is 0 Å². The van der Waals surface area contributed by atoms with E-state index in [9.17, 15) is 9.50 Å². The second-order valence-corrected chi connectivity index (χ2v) is 6.53. The van der Waals surface area contributed by atoms with E-state index in [4.69, 9.17) is 0 Å². The normalized spacial score (nSPS) is 21.7. The molecule has 1 aromatic carbocycles. The molecule has 0 spiro atoms. The fourth-order valence-electron chi connectivity index (χ4n) is 3.39. The van der Waals surface area contributed by atoms with Gasteiger partial charge in [-0.15, -0.1) is 0 Å². The highest BCUT2D eigenvalue weighted by atomic mass is 19.1. The third-order valence-electron chi connectivity index (χ3n) is 4.54. The fourth-order valence-corrected chi connectivity index (χ4v) is 3.39. The Morgan fingerprint density at radius 1 is 1.35 bits per heavy atom. The molecule has 0 amide bonds. The van der Waals surface area contributed by atoms with E-state index < -0.39 is 0 Å². The topological polar surface area (TPSA) is 39.6 Å². The quantitative estimate of drug-likeness (QED) is 0.939. The summed E-state index contributed by atoms with van der Waals surface area (Å²) in [7, 11) is 0. The minimum Gasteiger partial charge on any atom is -0.392 e. The van der Waals surface area contributed by atoms with E-state index in [1.54, 1.807) is 18.3 Å². The van der Waals surface area contributed by atoms with E-state index in [0.29, 0.717) is 11.4 Å². The Hall–Kier alpha value is -1.56. The van der Waals surface area contributed by atoms with Crippen LogP contribution in [0.2, 0.25) is 0 Å². The molecule has 4 nitrogen and oxygen atoms in total. The lowest BCUT2D eigenvalue weighted by Crippen LogP contribution is -2.53. The predicted octanol–water partition coefficient (Wildman–Crippen LogP) is 2.26. The standard InChI is InChI=1S/C18H24FN3O/c1-13-10-21(8-9-22(13)11-14(2)23)12-15-5-6-17(19)16-4-3-7-20-18(15)16/h3-7,13-14,23H,8-12H2,1-2H3. The molecule has 1 aliphatic rings. The lowest BCUT2D eigenvalue weighted by molar-refractivity contribution is 0.0424. The first-order valence-electron chi connectivity index (χ1n) is 8.21. The van der Waals surface area contributed by atoms with Crippen molar-refractivity contribution in [3.8, 4) is 0 Å². The van der Waals surface area contributed by atoms with E-state index in [-0.39, 0.29) is 11.9 Å². The molecule has 1 aromatic heterocycles. The van der Waals surface area contributed by atoms with Gasteiger partial charge in [-0.25, -0.2) is 4.39 Å². The van der Waals surface area contributed by atoms with Gasteiger partial charge >= 0.3 is 0 Å². The summed E-state index contributed by atoms with van der Waals surface area (Å²) in [5, 5.41) is 10.2. The molecule has 0 saturated carbocycles. The Morgan fingerprint density at radius 2 is 2.17 bits per heavy atom. The molecule has 2 heterocycles. The first-order chi connectivity index (χ1) is 11.0. The van der Waals surface area contributed by atoms with Gasteiger partial charge in [-0.05, 0) is 37.6 Å². The largest absolute Gasteiger partial charge is 0.392 e. The van der Waals surface area contributed by atoms with E-state index in [1.807, 2.05) is 13.0 Å². The molecular weight excluding hydrogens is 293 g/mol. The molecule has 1 saturated heterocycles. The van der Waals surface area contributed by atoms with Gasteiger partial charge in [0.15, 0.2) is 0 Å². The minimum absolute atomic E-state index is 0.216. The van der Waals surface area contributed by atoms with E-state index >= 15 is 0 Å². The highest BCUT2D eigenvalue weighted by molar-refractivity contribution is 5.82. The Kier molecular flexibility index (Phi) is 4.90. The van der Waals surface area contributed by atoms with Crippen molar-refractivity contribution in [2.45, 2.75) is 32.5 Å². The van der Waals surface area contributed by atoms with E-state index in [1.165, 1.54) is 6.07 Å². The number of aliphatic hydroxyl groups excluding tert-OH is 1. The van der Waals surface area contributed by atoms with Crippen LogP contribution in [0.5, 0.6) is 0 Å². The van der Waals surface area contributed by atoms with Gasteiger partial charge in [-0.2, -0.15) is 0 Å². The van der Waals surface area contributed by atoms with Gasteiger partial charge in [-0.1, -0.05) is 6.07 Å². The number of piperazine rings is 1. The number of hydrogen-bond acceptors (Lipinski definition) is 4. The van der Waals surface area contributed by atoms with Crippen LogP contribution < -0.4 is 0 Å². The number of benzene rings is 1. The highest BCUT2D eigenvalue weighted by Crippen LogP contribution is 2.22. The van der Waals surface area contributed by atoms with Crippen molar-refractivity contribution in [1.82, 2.24) is 14.8 Å². The van der Waals surface area contributed by atoms with E-state index in [0.717, 1.165) is 43.8 Å². The fraction of sp³-hybridized carbons (Fsp3) is 0.500. The van der Waals surface area contributed by atoms with Crippen LogP contribution >= 0.6 is 0 Å². The molecular formula is C18H24FN3O. The second-order valence-electron chi connectivity index (χ2n) is 6.53. The number of rotatable bonds is 4. The molecule has 1 N–H and O–H groups in total. The minimum atomic E-state index is -0.297. The van der Waals surface area contributed by atoms with Crippen molar-refractivity contribution < 1.29 is 9.50 Å². The maximum Gasteiger partial charge on any atom is 0.132 e. The van der Waals surface area contributed by atoms with Gasteiger partial charge < -0.3 is 5.11 Å². The van der Waals surface area contributed by atoms with Gasteiger partial charge in [0.25, 0.3) is 0 Å². The second kappa shape index (κ2) is 6.91. The van der Waals surface area contributed by atoms with Gasteiger partial charge in [0.1, 0.15) is 5.82 Å². The molecule has 1 aliphatic heterocycles. The smallest absolute Gasteiger partial charge is 0.132 e. The summed E-state index contributed by atoms with van der Waals surface area (Å²) in [4.78, 5) is 9.07. The molecule has 0 bridgehead atoms. The Balaban J connectivity index is 1.73. The number of hydrogen-bond donors (Lipinski definition) is 1. The summed E-state index contributed by atoms with van der Waals surface area (Å²) in [5.41, 5.74) is 1.82. The summed E-state index contributed by atoms with van der Waals surface area (Å²) >= 11 is 0. The molecule has 3 rings (SSSR count). The SMILES string of the molecule is CC(O)CN1CCN(Cc2ccc(F)c3cccnc23)CC1C. The van der Waals surface area contributed by atoms with E-state index in [2.05, 4.69) is 21.7 Å². The number of aliphatic hydroxyl groups is 1. The number of fused-ring (bicyclic) bond motifs is 1. The van der Waals surface area contributed by atoms with Crippen LogP contribution in [0.4, 0.5) is 4.39 Å². The third-order valence-corrected chi connectivity index (χ3v) is 4.54. The van der Waals surface area contributed by atoms with Crippen LogP contribution in [-0.4, -0.2) is 58.2 Å². The van der Waals surface area contributed by atoms with Gasteiger partial charge in [-0.3, -0.25) is 14.8 Å². The lowest BCUT2D eigenvalue weighted by atomic mass is 10.1. The molecule has 2 aromatic rings. The monoisotopic (exact) mass is 317 g/mol. The van der Waals surface area contributed by atoms with Crippen molar-refractivity contribution in [3.05, 3.63) is 41.8 Å². The maximum absolute atomic E-state index is 13.9. The van der Waals surface area contributed by atoms with Crippen molar-refractivity contribution >= 4 is 10.9 Å². The van der Waals surface area contributed by atoms with Crippen LogP contribution in [0, 0.1) is 5.82 Å². The van der Waals surface area contributed by atoms with Gasteiger partial charge in [0, 0.05) is 50.3 Å². The highest BCUT2D eigenvalue weighted by Gasteiger charge is 2.24. The summed E-state index contributed by atoms with van der Waals surface area (Å²) < 4.78 is 13.9. The molecule has 124 valence electrons. The molecule has 0 radical (unpaired) electrons. The average molecular weight is 317 g/mol. The summed E-state index contributed by atoms with van der Waals surface area (Å²) in [6.07, 6.45) is 1.42. The zero-order valence-corrected chi connectivity index (χ0v) is 13.7. The Labute approximate surface area is 136 Å². The van der Waals surface area contributed by atoms with Gasteiger partial charge in [0.05, 0.1) is 11.6 Å². The van der Waals surface area contributed by atoms with Crippen LogP contribution in [-0.2, 0) is 6.54 Å². The lowest BCUT2D eigenvalue weighted by Gasteiger charge is -2.40.